The Bertz CT molecular complexity index is 759. The zero-order chi connectivity index (χ0) is 17.7. The highest BCUT2D eigenvalue weighted by Crippen LogP contribution is 2.34. The molecule has 1 heterocycles. The molecular weight excluding hydrogens is 321 g/mol. The van der Waals surface area contributed by atoms with Gasteiger partial charge in [0.05, 0.1) is 11.3 Å². The van der Waals surface area contributed by atoms with Crippen molar-refractivity contribution in [1.82, 2.24) is 9.97 Å². The monoisotopic (exact) mass is 336 g/mol. The number of benzene rings is 1. The molecule has 1 amide bonds. The molecule has 126 valence electrons. The number of carbonyl (C=O) groups excluding carboxylic acids is 1. The van der Waals surface area contributed by atoms with Crippen LogP contribution in [0.25, 0.3) is 0 Å². The standard InChI is InChI=1S/C16H15F3N4O/c1-3-8-20-14-9-13(21-10(2)22-14)15(24)23-12-7-5-4-6-11(12)16(17,18)19/h3-7,9H,1,8H2,2H3,(H,23,24)(H,20,21,22). The number of alkyl halides is 3. The first kappa shape index (κ1) is 17.5. The number of carbonyl (C=O) groups is 1. The van der Waals surface area contributed by atoms with E-state index < -0.39 is 17.6 Å². The molecule has 0 aliphatic heterocycles. The molecule has 0 aliphatic carbocycles. The van der Waals surface area contributed by atoms with Gasteiger partial charge in [0, 0.05) is 12.6 Å². The van der Waals surface area contributed by atoms with Crippen LogP contribution in [0.15, 0.2) is 43.0 Å². The second kappa shape index (κ2) is 7.12. The van der Waals surface area contributed by atoms with Crippen molar-refractivity contribution >= 4 is 17.4 Å². The number of hydrogen-bond donors (Lipinski definition) is 2. The Hall–Kier alpha value is -2.90. The third-order valence-corrected chi connectivity index (χ3v) is 2.98. The Morgan fingerprint density at radius 3 is 2.67 bits per heavy atom. The van der Waals surface area contributed by atoms with Gasteiger partial charge < -0.3 is 10.6 Å². The quantitative estimate of drug-likeness (QED) is 0.818. The third kappa shape index (κ3) is 4.31. The van der Waals surface area contributed by atoms with Crippen LogP contribution >= 0.6 is 0 Å². The van der Waals surface area contributed by atoms with Crippen molar-refractivity contribution in [3.63, 3.8) is 0 Å². The normalized spacial score (nSPS) is 11.0. The van der Waals surface area contributed by atoms with Gasteiger partial charge in [-0.05, 0) is 19.1 Å². The Labute approximate surface area is 136 Å². The maximum atomic E-state index is 13.0. The first-order valence-electron chi connectivity index (χ1n) is 6.99. The Morgan fingerprint density at radius 2 is 2.00 bits per heavy atom. The van der Waals surface area contributed by atoms with E-state index in [0.717, 1.165) is 6.07 Å². The molecule has 1 aromatic carbocycles. The van der Waals surface area contributed by atoms with E-state index in [4.69, 9.17) is 0 Å². The van der Waals surface area contributed by atoms with E-state index in [2.05, 4.69) is 27.2 Å². The number of amides is 1. The first-order valence-corrected chi connectivity index (χ1v) is 6.99. The Kier molecular flexibility index (Phi) is 5.18. The second-order valence-electron chi connectivity index (χ2n) is 4.85. The molecule has 0 bridgehead atoms. The maximum Gasteiger partial charge on any atom is 0.418 e. The van der Waals surface area contributed by atoms with Crippen molar-refractivity contribution in [2.75, 3.05) is 17.2 Å². The molecule has 0 saturated carbocycles. The smallest absolute Gasteiger partial charge is 0.366 e. The van der Waals surface area contributed by atoms with E-state index >= 15 is 0 Å². The predicted molar refractivity (Wildman–Crippen MR) is 84.9 cm³/mol. The molecule has 0 aliphatic rings. The van der Waals surface area contributed by atoms with Gasteiger partial charge in [-0.3, -0.25) is 4.79 Å². The zero-order valence-electron chi connectivity index (χ0n) is 12.8. The minimum atomic E-state index is -4.57. The van der Waals surface area contributed by atoms with Crippen molar-refractivity contribution < 1.29 is 18.0 Å². The molecule has 0 spiro atoms. The predicted octanol–water partition coefficient (Wildman–Crippen LogP) is 3.65. The van der Waals surface area contributed by atoms with Crippen molar-refractivity contribution in [2.45, 2.75) is 13.1 Å². The topological polar surface area (TPSA) is 66.9 Å². The van der Waals surface area contributed by atoms with E-state index in [1.807, 2.05) is 0 Å². The summed E-state index contributed by atoms with van der Waals surface area (Å²) in [5.41, 5.74) is -1.29. The molecule has 2 N–H and O–H groups in total. The maximum absolute atomic E-state index is 13.0. The van der Waals surface area contributed by atoms with Gasteiger partial charge >= 0.3 is 6.18 Å². The van der Waals surface area contributed by atoms with Crippen LogP contribution in [-0.2, 0) is 6.18 Å². The van der Waals surface area contributed by atoms with Crippen LogP contribution in [0.2, 0.25) is 0 Å². The molecular formula is C16H15F3N4O. The second-order valence-corrected chi connectivity index (χ2v) is 4.85. The fourth-order valence-corrected chi connectivity index (χ4v) is 1.98. The lowest BCUT2D eigenvalue weighted by molar-refractivity contribution is -0.136. The van der Waals surface area contributed by atoms with Crippen LogP contribution in [0.1, 0.15) is 21.9 Å². The molecule has 0 radical (unpaired) electrons. The van der Waals surface area contributed by atoms with Gasteiger partial charge in [-0.15, -0.1) is 6.58 Å². The average molecular weight is 336 g/mol. The number of nitrogens with zero attached hydrogens (tertiary/aromatic N) is 2. The van der Waals surface area contributed by atoms with E-state index in [1.165, 1.54) is 24.3 Å². The molecule has 24 heavy (non-hydrogen) atoms. The number of anilines is 2. The fraction of sp³-hybridized carbons (Fsp3) is 0.188. The van der Waals surface area contributed by atoms with Crippen LogP contribution in [0.3, 0.4) is 0 Å². The molecule has 0 saturated heterocycles. The summed E-state index contributed by atoms with van der Waals surface area (Å²) in [6.07, 6.45) is -2.96. The number of hydrogen-bond acceptors (Lipinski definition) is 4. The number of para-hydroxylation sites is 1. The van der Waals surface area contributed by atoms with Gasteiger partial charge in [-0.2, -0.15) is 13.2 Å². The van der Waals surface area contributed by atoms with Crippen LogP contribution in [0.4, 0.5) is 24.7 Å². The van der Waals surface area contributed by atoms with E-state index in [1.54, 1.807) is 13.0 Å². The molecule has 8 heteroatoms. The van der Waals surface area contributed by atoms with Gasteiger partial charge in [0.25, 0.3) is 5.91 Å². The van der Waals surface area contributed by atoms with Crippen LogP contribution in [0.5, 0.6) is 0 Å². The molecule has 2 rings (SSSR count). The minimum absolute atomic E-state index is 0.0361. The fourth-order valence-electron chi connectivity index (χ4n) is 1.98. The summed E-state index contributed by atoms with van der Waals surface area (Å²) in [7, 11) is 0. The van der Waals surface area contributed by atoms with E-state index in [-0.39, 0.29) is 11.4 Å². The molecule has 5 nitrogen and oxygen atoms in total. The molecule has 1 aromatic heterocycles. The molecule has 0 atom stereocenters. The van der Waals surface area contributed by atoms with Crippen LogP contribution in [0, 0.1) is 6.92 Å². The number of halogens is 3. The SMILES string of the molecule is C=CCNc1cc(C(=O)Nc2ccccc2C(F)(F)F)nc(C)n1. The summed E-state index contributed by atoms with van der Waals surface area (Å²) in [5, 5.41) is 5.15. The highest BCUT2D eigenvalue weighted by atomic mass is 19.4. The summed E-state index contributed by atoms with van der Waals surface area (Å²) in [6.45, 7) is 5.56. The highest BCUT2D eigenvalue weighted by Gasteiger charge is 2.33. The largest absolute Gasteiger partial charge is 0.418 e. The van der Waals surface area contributed by atoms with Crippen molar-refractivity contribution in [3.05, 3.63) is 60.1 Å². The lowest BCUT2D eigenvalue weighted by atomic mass is 10.1. The number of rotatable bonds is 5. The molecule has 0 fully saturated rings. The van der Waals surface area contributed by atoms with E-state index in [0.29, 0.717) is 18.2 Å². The van der Waals surface area contributed by atoms with E-state index in [9.17, 15) is 18.0 Å². The molecule has 2 aromatic rings. The van der Waals surface area contributed by atoms with Gasteiger partial charge in [0.15, 0.2) is 0 Å². The first-order chi connectivity index (χ1) is 11.3. The van der Waals surface area contributed by atoms with Gasteiger partial charge in [-0.25, -0.2) is 9.97 Å². The lowest BCUT2D eigenvalue weighted by Gasteiger charge is -2.13. The number of nitrogens with one attached hydrogen (secondary N) is 2. The summed E-state index contributed by atoms with van der Waals surface area (Å²) in [5.74, 6) is -0.0474. The molecule has 0 unspecified atom stereocenters. The lowest BCUT2D eigenvalue weighted by Crippen LogP contribution is -2.18. The summed E-state index contributed by atoms with van der Waals surface area (Å²) >= 11 is 0. The zero-order valence-corrected chi connectivity index (χ0v) is 12.8. The van der Waals surface area contributed by atoms with Gasteiger partial charge in [0.1, 0.15) is 17.3 Å². The summed E-state index contributed by atoms with van der Waals surface area (Å²) in [4.78, 5) is 20.3. The summed E-state index contributed by atoms with van der Waals surface area (Å²) in [6, 6.07) is 6.11. The van der Waals surface area contributed by atoms with Crippen molar-refractivity contribution in [2.24, 2.45) is 0 Å². The number of aromatic nitrogens is 2. The summed E-state index contributed by atoms with van der Waals surface area (Å²) < 4.78 is 38.9. The van der Waals surface area contributed by atoms with Crippen molar-refractivity contribution in [3.8, 4) is 0 Å². The Morgan fingerprint density at radius 1 is 1.29 bits per heavy atom. The van der Waals surface area contributed by atoms with Crippen LogP contribution in [-0.4, -0.2) is 22.4 Å². The third-order valence-electron chi connectivity index (χ3n) is 2.98. The van der Waals surface area contributed by atoms with Gasteiger partial charge in [0.2, 0.25) is 0 Å². The van der Waals surface area contributed by atoms with Gasteiger partial charge in [-0.1, -0.05) is 18.2 Å². The van der Waals surface area contributed by atoms with Crippen LogP contribution < -0.4 is 10.6 Å². The van der Waals surface area contributed by atoms with Crippen molar-refractivity contribution in [1.29, 1.82) is 0 Å². The minimum Gasteiger partial charge on any atom is -0.366 e. The average Bonchev–Trinajstić information content (AvgIpc) is 2.52. The highest BCUT2D eigenvalue weighted by molar-refractivity contribution is 6.03. The Balaban J connectivity index is 2.28. The number of aryl methyl sites for hydroxylation is 1.